The number of nitrogens with zero attached hydrogens (tertiary/aromatic N) is 1. The lowest BCUT2D eigenvalue weighted by Gasteiger charge is -2.07. The normalized spacial score (nSPS) is 10.5. The number of hydrogen-bond acceptors (Lipinski definition) is 2. The Hall–Kier alpha value is -2.08. The van der Waals surface area contributed by atoms with Gasteiger partial charge in [0.2, 0.25) is 0 Å². The summed E-state index contributed by atoms with van der Waals surface area (Å²) in [4.78, 5) is 14.4. The van der Waals surface area contributed by atoms with Crippen molar-refractivity contribution in [2.24, 2.45) is 0 Å². The number of carboxylic acid groups (broad SMARTS) is 1. The maximum atomic E-state index is 13.5. The molecule has 0 atom stereocenters. The third-order valence-corrected chi connectivity index (χ3v) is 2.67. The minimum absolute atomic E-state index is 0.142. The third kappa shape index (κ3) is 2.53. The molecular formula is C12H5ClF3NO2. The minimum Gasteiger partial charge on any atom is -0.478 e. The van der Waals surface area contributed by atoms with Crippen LogP contribution in [0.4, 0.5) is 13.2 Å². The average Bonchev–Trinajstić information content (AvgIpc) is 2.29. The van der Waals surface area contributed by atoms with E-state index in [1.165, 1.54) is 0 Å². The van der Waals surface area contributed by atoms with E-state index in [4.69, 9.17) is 16.7 Å². The monoisotopic (exact) mass is 287 g/mol. The van der Waals surface area contributed by atoms with Gasteiger partial charge < -0.3 is 5.11 Å². The van der Waals surface area contributed by atoms with E-state index in [-0.39, 0.29) is 10.7 Å². The maximum Gasteiger partial charge on any atom is 0.338 e. The predicted molar refractivity (Wildman–Crippen MR) is 61.5 cm³/mol. The van der Waals surface area contributed by atoms with Crippen LogP contribution >= 0.6 is 11.6 Å². The lowest BCUT2D eigenvalue weighted by molar-refractivity contribution is 0.0696. The number of hydrogen-bond donors (Lipinski definition) is 1. The van der Waals surface area contributed by atoms with Crippen molar-refractivity contribution in [2.45, 2.75) is 0 Å². The minimum atomic E-state index is -1.39. The Morgan fingerprint density at radius 3 is 2.26 bits per heavy atom. The van der Waals surface area contributed by atoms with Gasteiger partial charge >= 0.3 is 5.97 Å². The van der Waals surface area contributed by atoms with Crippen LogP contribution in [0.1, 0.15) is 10.4 Å². The average molecular weight is 288 g/mol. The van der Waals surface area contributed by atoms with Crippen molar-refractivity contribution in [2.75, 3.05) is 0 Å². The summed E-state index contributed by atoms with van der Waals surface area (Å²) in [6.07, 6.45) is 1.01. The zero-order valence-electron chi connectivity index (χ0n) is 9.12. The van der Waals surface area contributed by atoms with Crippen LogP contribution in [0.2, 0.25) is 5.15 Å². The first-order valence-electron chi connectivity index (χ1n) is 4.94. The first kappa shape index (κ1) is 13.4. The van der Waals surface area contributed by atoms with E-state index in [2.05, 4.69) is 4.98 Å². The smallest absolute Gasteiger partial charge is 0.338 e. The van der Waals surface area contributed by atoms with E-state index in [9.17, 15) is 18.0 Å². The lowest BCUT2D eigenvalue weighted by atomic mass is 10.0. The van der Waals surface area contributed by atoms with Crippen LogP contribution in [0.15, 0.2) is 24.4 Å². The van der Waals surface area contributed by atoms with Crippen LogP contribution in [-0.4, -0.2) is 16.1 Å². The second kappa shape index (κ2) is 4.89. The Labute approximate surface area is 110 Å². The number of pyridine rings is 1. The summed E-state index contributed by atoms with van der Waals surface area (Å²) < 4.78 is 39.9. The van der Waals surface area contributed by atoms with E-state index >= 15 is 0 Å². The van der Waals surface area contributed by atoms with Crippen LogP contribution in [0.3, 0.4) is 0 Å². The molecule has 1 aromatic carbocycles. The van der Waals surface area contributed by atoms with Crippen molar-refractivity contribution < 1.29 is 23.1 Å². The van der Waals surface area contributed by atoms with Gasteiger partial charge in [0.25, 0.3) is 0 Å². The molecule has 0 aliphatic rings. The van der Waals surface area contributed by atoms with E-state index in [0.29, 0.717) is 12.1 Å². The van der Waals surface area contributed by atoms with Gasteiger partial charge in [-0.2, -0.15) is 0 Å². The molecule has 0 bridgehead atoms. The highest BCUT2D eigenvalue weighted by atomic mass is 35.5. The molecule has 1 N–H and O–H groups in total. The number of benzene rings is 1. The molecule has 7 heteroatoms. The molecule has 0 unspecified atom stereocenters. The zero-order valence-corrected chi connectivity index (χ0v) is 9.88. The molecule has 0 aliphatic carbocycles. The van der Waals surface area contributed by atoms with Gasteiger partial charge in [0.15, 0.2) is 0 Å². The highest BCUT2D eigenvalue weighted by molar-refractivity contribution is 6.32. The predicted octanol–water partition coefficient (Wildman–Crippen LogP) is 3.52. The molecule has 19 heavy (non-hydrogen) atoms. The fourth-order valence-electron chi connectivity index (χ4n) is 1.55. The first-order chi connectivity index (χ1) is 8.90. The molecule has 0 fully saturated rings. The van der Waals surface area contributed by atoms with Crippen molar-refractivity contribution >= 4 is 17.6 Å². The van der Waals surface area contributed by atoms with Gasteiger partial charge in [-0.05, 0) is 6.07 Å². The summed E-state index contributed by atoms with van der Waals surface area (Å²) in [5, 5.41) is 8.54. The molecule has 3 nitrogen and oxygen atoms in total. The van der Waals surface area contributed by atoms with Crippen LogP contribution in [0.5, 0.6) is 0 Å². The maximum absolute atomic E-state index is 13.5. The Kier molecular flexibility index (Phi) is 3.44. The molecule has 0 saturated carbocycles. The fraction of sp³-hybridized carbons (Fsp3) is 0. The van der Waals surface area contributed by atoms with E-state index < -0.39 is 34.5 Å². The summed E-state index contributed by atoms with van der Waals surface area (Å²) in [6.45, 7) is 0. The van der Waals surface area contributed by atoms with Gasteiger partial charge in [0.05, 0.1) is 11.1 Å². The SMILES string of the molecule is O=C(O)c1cc(-c2c(F)cc(F)cc2F)cnc1Cl. The Morgan fingerprint density at radius 2 is 1.74 bits per heavy atom. The zero-order chi connectivity index (χ0) is 14.2. The number of rotatable bonds is 2. The molecule has 0 spiro atoms. The number of aromatic nitrogens is 1. The summed E-state index contributed by atoms with van der Waals surface area (Å²) in [5.74, 6) is -4.77. The molecule has 98 valence electrons. The number of halogens is 4. The van der Waals surface area contributed by atoms with Gasteiger partial charge in [0, 0.05) is 23.9 Å². The standard InChI is InChI=1S/C12H5ClF3NO2/c13-11-7(12(18)19)1-5(4-17-11)10-8(15)2-6(14)3-9(10)16/h1-4H,(H,18,19). The highest BCUT2D eigenvalue weighted by Crippen LogP contribution is 2.28. The Bertz CT molecular complexity index is 653. The van der Waals surface area contributed by atoms with Crippen LogP contribution in [0, 0.1) is 17.5 Å². The van der Waals surface area contributed by atoms with Crippen LogP contribution in [0.25, 0.3) is 11.1 Å². The molecule has 2 aromatic rings. The molecule has 1 heterocycles. The largest absolute Gasteiger partial charge is 0.478 e. The summed E-state index contributed by atoms with van der Waals surface area (Å²) in [5.41, 5.74) is -1.10. The Morgan fingerprint density at radius 1 is 1.16 bits per heavy atom. The van der Waals surface area contributed by atoms with Gasteiger partial charge in [0.1, 0.15) is 22.6 Å². The number of aromatic carboxylic acids is 1. The molecular weight excluding hydrogens is 283 g/mol. The number of carboxylic acids is 1. The first-order valence-corrected chi connectivity index (χ1v) is 5.31. The van der Waals surface area contributed by atoms with Crippen molar-refractivity contribution in [3.63, 3.8) is 0 Å². The highest BCUT2D eigenvalue weighted by Gasteiger charge is 2.17. The molecule has 0 radical (unpaired) electrons. The Balaban J connectivity index is 2.66. The van der Waals surface area contributed by atoms with E-state index in [0.717, 1.165) is 12.3 Å². The second-order valence-corrected chi connectivity index (χ2v) is 3.97. The molecule has 0 saturated heterocycles. The molecule has 0 amide bonds. The summed E-state index contributed by atoms with van der Waals surface area (Å²) >= 11 is 5.54. The van der Waals surface area contributed by atoms with Crippen molar-refractivity contribution in [1.82, 2.24) is 4.98 Å². The third-order valence-electron chi connectivity index (χ3n) is 2.37. The van der Waals surface area contributed by atoms with E-state index in [1.54, 1.807) is 0 Å². The fourth-order valence-corrected chi connectivity index (χ4v) is 1.74. The quantitative estimate of drug-likeness (QED) is 0.860. The van der Waals surface area contributed by atoms with Gasteiger partial charge in [-0.3, -0.25) is 0 Å². The van der Waals surface area contributed by atoms with Crippen molar-refractivity contribution in [3.05, 3.63) is 52.6 Å². The van der Waals surface area contributed by atoms with E-state index in [1.807, 2.05) is 0 Å². The molecule has 1 aromatic heterocycles. The van der Waals surface area contributed by atoms with Gasteiger partial charge in [-0.15, -0.1) is 0 Å². The van der Waals surface area contributed by atoms with Crippen LogP contribution < -0.4 is 0 Å². The topological polar surface area (TPSA) is 50.2 Å². The lowest BCUT2D eigenvalue weighted by Crippen LogP contribution is -2.01. The van der Waals surface area contributed by atoms with Crippen molar-refractivity contribution in [1.29, 1.82) is 0 Å². The molecule has 2 rings (SSSR count). The number of carbonyl (C=O) groups is 1. The summed E-state index contributed by atoms with van der Waals surface area (Å²) in [7, 11) is 0. The van der Waals surface area contributed by atoms with Gasteiger partial charge in [-0.1, -0.05) is 11.6 Å². The van der Waals surface area contributed by atoms with Gasteiger partial charge in [-0.25, -0.2) is 22.9 Å². The molecule has 0 aliphatic heterocycles. The second-order valence-electron chi connectivity index (χ2n) is 3.61. The van der Waals surface area contributed by atoms with Crippen LogP contribution in [-0.2, 0) is 0 Å². The van der Waals surface area contributed by atoms with Crippen molar-refractivity contribution in [3.8, 4) is 11.1 Å². The summed E-state index contributed by atoms with van der Waals surface area (Å²) in [6, 6.07) is 1.96.